The third-order valence-corrected chi connectivity index (χ3v) is 1.95. The minimum Gasteiger partial charge on any atom is -0.290 e. The van der Waals surface area contributed by atoms with Gasteiger partial charge in [-0.15, -0.1) is 0 Å². The maximum absolute atomic E-state index is 4.26. The molecule has 76 valence electrons. The Hall–Kier alpha value is -1.38. The Morgan fingerprint density at radius 3 is 2.57 bits per heavy atom. The summed E-state index contributed by atoms with van der Waals surface area (Å²) in [5, 5.41) is 0. The molecule has 3 nitrogen and oxygen atoms in total. The highest BCUT2D eigenvalue weighted by Crippen LogP contribution is 2.12. The van der Waals surface area contributed by atoms with Crippen molar-refractivity contribution in [1.82, 2.24) is 14.4 Å². The van der Waals surface area contributed by atoms with Crippen LogP contribution in [0.15, 0.2) is 24.9 Å². The van der Waals surface area contributed by atoms with Crippen LogP contribution in [0.5, 0.6) is 0 Å². The van der Waals surface area contributed by atoms with Crippen LogP contribution in [0.4, 0.5) is 0 Å². The molecular weight excluding hydrogens is 174 g/mol. The van der Waals surface area contributed by atoms with Crippen LogP contribution in [0.25, 0.3) is 5.65 Å². The average molecular weight is 191 g/mol. The van der Waals surface area contributed by atoms with E-state index in [9.17, 15) is 0 Å². The normalized spacial score (nSPS) is 10.1. The summed E-state index contributed by atoms with van der Waals surface area (Å²) < 4.78 is 1.94. The van der Waals surface area contributed by atoms with Crippen molar-refractivity contribution in [2.75, 3.05) is 0 Å². The van der Waals surface area contributed by atoms with Gasteiger partial charge in [-0.3, -0.25) is 4.40 Å². The van der Waals surface area contributed by atoms with Crippen molar-refractivity contribution in [3.63, 3.8) is 0 Å². The van der Waals surface area contributed by atoms with Crippen molar-refractivity contribution < 1.29 is 0 Å². The lowest BCUT2D eigenvalue weighted by molar-refractivity contribution is 0.842. The molecule has 0 aromatic carbocycles. The smallest absolute Gasteiger partial charge is 0.156 e. The largest absolute Gasteiger partial charge is 0.290 e. The molecule has 0 spiro atoms. The molecule has 0 aliphatic heterocycles. The van der Waals surface area contributed by atoms with E-state index in [1.165, 1.54) is 5.56 Å². The molecule has 0 unspecified atom stereocenters. The number of aromatic nitrogens is 3. The third-order valence-electron chi connectivity index (χ3n) is 1.95. The Morgan fingerprint density at radius 2 is 1.93 bits per heavy atom. The second-order valence-electron chi connectivity index (χ2n) is 3.20. The van der Waals surface area contributed by atoms with Gasteiger partial charge in [-0.1, -0.05) is 27.7 Å². The van der Waals surface area contributed by atoms with Gasteiger partial charge in [0.25, 0.3) is 0 Å². The maximum atomic E-state index is 4.26. The second-order valence-corrected chi connectivity index (χ2v) is 3.20. The summed E-state index contributed by atoms with van der Waals surface area (Å²) in [6, 6.07) is 0. The standard InChI is InChI=1S/C9H11N3.C2H6/c1-7(2)8-3-11-9-4-10-6-12(9)5-8;1-2/h3-7H,1-2H3;1-2H3. The van der Waals surface area contributed by atoms with Crippen LogP contribution in [0, 0.1) is 0 Å². The van der Waals surface area contributed by atoms with Crippen molar-refractivity contribution >= 4 is 5.65 Å². The zero-order valence-electron chi connectivity index (χ0n) is 9.23. The van der Waals surface area contributed by atoms with Gasteiger partial charge in [-0.2, -0.15) is 0 Å². The zero-order valence-corrected chi connectivity index (χ0v) is 9.23. The minimum atomic E-state index is 0.518. The highest BCUT2D eigenvalue weighted by Gasteiger charge is 2.00. The molecule has 2 aromatic heterocycles. The van der Waals surface area contributed by atoms with Crippen LogP contribution in [-0.2, 0) is 0 Å². The molecule has 0 aliphatic rings. The summed E-state index contributed by atoms with van der Waals surface area (Å²) >= 11 is 0. The third kappa shape index (κ3) is 2.10. The Labute approximate surface area is 84.8 Å². The number of nitrogens with zero attached hydrogens (tertiary/aromatic N) is 3. The van der Waals surface area contributed by atoms with E-state index in [4.69, 9.17) is 0 Å². The van der Waals surface area contributed by atoms with Gasteiger partial charge in [0, 0.05) is 12.4 Å². The molecule has 0 saturated carbocycles. The first-order valence-corrected chi connectivity index (χ1v) is 5.05. The molecular formula is C11H17N3. The van der Waals surface area contributed by atoms with Gasteiger partial charge in [-0.05, 0) is 11.5 Å². The summed E-state index contributed by atoms with van der Waals surface area (Å²) in [7, 11) is 0. The number of rotatable bonds is 1. The fourth-order valence-electron chi connectivity index (χ4n) is 1.13. The van der Waals surface area contributed by atoms with E-state index in [0.717, 1.165) is 5.65 Å². The van der Waals surface area contributed by atoms with Gasteiger partial charge in [0.05, 0.1) is 6.20 Å². The predicted octanol–water partition coefficient (Wildman–Crippen LogP) is 2.88. The maximum Gasteiger partial charge on any atom is 0.156 e. The van der Waals surface area contributed by atoms with Crippen molar-refractivity contribution in [3.05, 3.63) is 30.5 Å². The van der Waals surface area contributed by atoms with Crippen molar-refractivity contribution in [2.45, 2.75) is 33.6 Å². The molecule has 0 radical (unpaired) electrons. The number of fused-ring (bicyclic) bond motifs is 1. The molecule has 2 rings (SSSR count). The first-order chi connectivity index (χ1) is 6.77. The molecule has 0 N–H and O–H groups in total. The van der Waals surface area contributed by atoms with Gasteiger partial charge < -0.3 is 0 Å². The van der Waals surface area contributed by atoms with E-state index < -0.39 is 0 Å². The molecule has 0 atom stereocenters. The van der Waals surface area contributed by atoms with Gasteiger partial charge in [0.1, 0.15) is 6.33 Å². The molecule has 2 heterocycles. The van der Waals surface area contributed by atoms with Crippen LogP contribution in [0.1, 0.15) is 39.2 Å². The summed E-state index contributed by atoms with van der Waals surface area (Å²) in [5.41, 5.74) is 2.14. The molecule has 2 aromatic rings. The van der Waals surface area contributed by atoms with Gasteiger partial charge in [0.15, 0.2) is 5.65 Å². The van der Waals surface area contributed by atoms with E-state index in [0.29, 0.717) is 5.92 Å². The van der Waals surface area contributed by atoms with Gasteiger partial charge in [-0.25, -0.2) is 9.97 Å². The molecule has 0 fully saturated rings. The Bertz CT molecular complexity index is 390. The zero-order chi connectivity index (χ0) is 10.6. The Kier molecular flexibility index (Phi) is 3.63. The Balaban J connectivity index is 0.000000461. The molecule has 0 saturated heterocycles. The van der Waals surface area contributed by atoms with Crippen LogP contribution in [-0.4, -0.2) is 14.4 Å². The fraction of sp³-hybridized carbons (Fsp3) is 0.455. The van der Waals surface area contributed by atoms with E-state index in [-0.39, 0.29) is 0 Å². The minimum absolute atomic E-state index is 0.518. The van der Waals surface area contributed by atoms with E-state index in [1.54, 1.807) is 12.5 Å². The van der Waals surface area contributed by atoms with Gasteiger partial charge in [0.2, 0.25) is 0 Å². The summed E-state index contributed by atoms with van der Waals surface area (Å²) in [5.74, 6) is 0.518. The fourth-order valence-corrected chi connectivity index (χ4v) is 1.13. The number of imidazole rings is 1. The molecule has 0 aliphatic carbocycles. The predicted molar refractivity (Wildman–Crippen MR) is 58.4 cm³/mol. The molecule has 14 heavy (non-hydrogen) atoms. The van der Waals surface area contributed by atoms with Crippen LogP contribution in [0.2, 0.25) is 0 Å². The lowest BCUT2D eigenvalue weighted by Crippen LogP contribution is -1.93. The molecule has 0 bridgehead atoms. The van der Waals surface area contributed by atoms with Crippen molar-refractivity contribution in [1.29, 1.82) is 0 Å². The first-order valence-electron chi connectivity index (χ1n) is 5.05. The monoisotopic (exact) mass is 191 g/mol. The summed E-state index contributed by atoms with van der Waals surface area (Å²) in [6.07, 6.45) is 7.50. The van der Waals surface area contributed by atoms with Crippen molar-refractivity contribution in [2.24, 2.45) is 0 Å². The van der Waals surface area contributed by atoms with Gasteiger partial charge >= 0.3 is 0 Å². The molecule has 3 heteroatoms. The van der Waals surface area contributed by atoms with Crippen LogP contribution < -0.4 is 0 Å². The lowest BCUT2D eigenvalue weighted by atomic mass is 10.1. The van der Waals surface area contributed by atoms with E-state index in [1.807, 2.05) is 24.4 Å². The van der Waals surface area contributed by atoms with Crippen molar-refractivity contribution in [3.8, 4) is 0 Å². The lowest BCUT2D eigenvalue weighted by Gasteiger charge is -2.03. The highest BCUT2D eigenvalue weighted by molar-refractivity contribution is 5.35. The quantitative estimate of drug-likeness (QED) is 0.693. The highest BCUT2D eigenvalue weighted by atomic mass is 15.0. The van der Waals surface area contributed by atoms with Crippen LogP contribution in [0.3, 0.4) is 0 Å². The molecule has 0 amide bonds. The van der Waals surface area contributed by atoms with E-state index >= 15 is 0 Å². The van der Waals surface area contributed by atoms with Crippen LogP contribution >= 0.6 is 0 Å². The number of hydrogen-bond donors (Lipinski definition) is 0. The SMILES string of the molecule is CC.CC(C)c1cnc2cncn2c1. The summed E-state index contributed by atoms with van der Waals surface area (Å²) in [4.78, 5) is 8.27. The topological polar surface area (TPSA) is 30.2 Å². The number of hydrogen-bond acceptors (Lipinski definition) is 2. The Morgan fingerprint density at radius 1 is 1.21 bits per heavy atom. The first kappa shape index (κ1) is 10.7. The average Bonchev–Trinajstić information content (AvgIpc) is 2.67. The van der Waals surface area contributed by atoms with E-state index in [2.05, 4.69) is 30.0 Å². The summed E-state index contributed by atoms with van der Waals surface area (Å²) in [6.45, 7) is 8.31. The second kappa shape index (κ2) is 4.74.